The maximum absolute atomic E-state index is 12.7. The second-order valence-electron chi connectivity index (χ2n) is 5.84. The van der Waals surface area contributed by atoms with Crippen molar-refractivity contribution < 1.29 is 14.0 Å². The molecule has 1 atom stereocenters. The van der Waals surface area contributed by atoms with Crippen LogP contribution in [0.15, 0.2) is 28.7 Å². The van der Waals surface area contributed by atoms with E-state index >= 15 is 0 Å². The van der Waals surface area contributed by atoms with E-state index in [0.717, 1.165) is 0 Å². The van der Waals surface area contributed by atoms with Crippen molar-refractivity contribution in [2.24, 2.45) is 0 Å². The summed E-state index contributed by atoms with van der Waals surface area (Å²) in [5, 5.41) is 10.9. The first-order chi connectivity index (χ1) is 11.4. The minimum absolute atomic E-state index is 0.280. The van der Waals surface area contributed by atoms with Gasteiger partial charge >= 0.3 is 6.03 Å². The summed E-state index contributed by atoms with van der Waals surface area (Å²) < 4.78 is 5.28. The summed E-state index contributed by atoms with van der Waals surface area (Å²) in [6.45, 7) is 3.67. The van der Waals surface area contributed by atoms with E-state index in [1.54, 1.807) is 38.1 Å². The van der Waals surface area contributed by atoms with Gasteiger partial charge in [0.2, 0.25) is 11.8 Å². The van der Waals surface area contributed by atoms with Gasteiger partial charge in [-0.3, -0.25) is 9.69 Å². The van der Waals surface area contributed by atoms with Gasteiger partial charge in [-0.05, 0) is 31.0 Å². The Morgan fingerprint density at radius 3 is 2.79 bits per heavy atom. The monoisotopic (exact) mass is 348 g/mol. The Morgan fingerprint density at radius 2 is 2.12 bits per heavy atom. The fourth-order valence-corrected chi connectivity index (χ4v) is 2.91. The molecular weight excluding hydrogens is 332 g/mol. The fraction of sp³-hybridized carbons (Fsp3) is 0.375. The maximum atomic E-state index is 12.7. The van der Waals surface area contributed by atoms with Gasteiger partial charge < -0.3 is 9.73 Å². The number of carbonyl (C=O) groups excluding carboxylic acids is 2. The van der Waals surface area contributed by atoms with Gasteiger partial charge in [-0.1, -0.05) is 23.7 Å². The molecule has 1 aromatic carbocycles. The molecule has 1 saturated heterocycles. The second kappa shape index (κ2) is 6.24. The van der Waals surface area contributed by atoms with Crippen LogP contribution in [0.4, 0.5) is 4.79 Å². The van der Waals surface area contributed by atoms with Crippen LogP contribution < -0.4 is 5.32 Å². The minimum atomic E-state index is -1.11. The molecule has 0 saturated carbocycles. The number of carbonyl (C=O) groups is 2. The molecule has 0 spiro atoms. The number of imide groups is 1. The lowest BCUT2D eigenvalue weighted by molar-refractivity contribution is -0.131. The van der Waals surface area contributed by atoms with Crippen molar-refractivity contribution >= 4 is 23.5 Å². The van der Waals surface area contributed by atoms with Crippen LogP contribution in [0, 0.1) is 6.92 Å². The Kier molecular flexibility index (Phi) is 4.28. The third-order valence-corrected chi connectivity index (χ3v) is 4.25. The number of hydrogen-bond donors (Lipinski definition) is 1. The van der Waals surface area contributed by atoms with Crippen molar-refractivity contribution in [3.8, 4) is 0 Å². The lowest BCUT2D eigenvalue weighted by Crippen LogP contribution is -2.41. The smallest absolute Gasteiger partial charge is 0.325 e. The standard InChI is InChI=1S/C16H17ClN4O3/c1-10-19-20-13(24-10)7-4-8-21-14(22)16(2,18-15(21)23)11-5-3-6-12(17)9-11/h3,5-6,9H,4,7-8H2,1-2H3,(H,18,23)/t16-/m1/s1. The Morgan fingerprint density at radius 1 is 1.33 bits per heavy atom. The molecule has 1 aliphatic rings. The number of halogens is 1. The molecule has 7 nitrogen and oxygen atoms in total. The molecule has 0 aliphatic carbocycles. The normalized spacial score (nSPS) is 20.5. The molecule has 0 radical (unpaired) electrons. The highest BCUT2D eigenvalue weighted by molar-refractivity contribution is 6.30. The molecule has 1 aliphatic heterocycles. The van der Waals surface area contributed by atoms with Crippen LogP contribution in [0.5, 0.6) is 0 Å². The number of nitrogens with zero attached hydrogens (tertiary/aromatic N) is 3. The molecule has 3 amide bonds. The average Bonchev–Trinajstić information content (AvgIpc) is 3.04. The van der Waals surface area contributed by atoms with Crippen molar-refractivity contribution in [1.82, 2.24) is 20.4 Å². The fourth-order valence-electron chi connectivity index (χ4n) is 2.72. The number of benzene rings is 1. The molecule has 0 unspecified atom stereocenters. The average molecular weight is 349 g/mol. The van der Waals surface area contributed by atoms with Crippen LogP contribution in [0.3, 0.4) is 0 Å². The summed E-state index contributed by atoms with van der Waals surface area (Å²) in [6.07, 6.45) is 1.05. The topological polar surface area (TPSA) is 88.3 Å². The highest BCUT2D eigenvalue weighted by Gasteiger charge is 2.48. The molecule has 8 heteroatoms. The van der Waals surface area contributed by atoms with Gasteiger partial charge in [-0.2, -0.15) is 0 Å². The molecule has 0 bridgehead atoms. The summed E-state index contributed by atoms with van der Waals surface area (Å²) >= 11 is 6.00. The number of amides is 3. The van der Waals surface area contributed by atoms with E-state index in [1.165, 1.54) is 4.90 Å². The van der Waals surface area contributed by atoms with Gasteiger partial charge in [-0.15, -0.1) is 10.2 Å². The Hall–Kier alpha value is -2.41. The van der Waals surface area contributed by atoms with Gasteiger partial charge in [-0.25, -0.2) is 4.79 Å². The number of aryl methyl sites for hydroxylation is 2. The molecule has 1 fully saturated rings. The Balaban J connectivity index is 1.69. The Bertz CT molecular complexity index is 791. The van der Waals surface area contributed by atoms with Gasteiger partial charge in [0.25, 0.3) is 5.91 Å². The number of urea groups is 1. The molecule has 1 N–H and O–H groups in total. The Labute approximate surface area is 144 Å². The summed E-state index contributed by atoms with van der Waals surface area (Å²) in [7, 11) is 0. The van der Waals surface area contributed by atoms with Crippen LogP contribution in [-0.2, 0) is 16.8 Å². The lowest BCUT2D eigenvalue weighted by Gasteiger charge is -2.22. The van der Waals surface area contributed by atoms with Crippen molar-refractivity contribution in [2.75, 3.05) is 6.54 Å². The van der Waals surface area contributed by atoms with Crippen LogP contribution in [-0.4, -0.2) is 33.6 Å². The highest BCUT2D eigenvalue weighted by Crippen LogP contribution is 2.30. The van der Waals surface area contributed by atoms with E-state index in [0.29, 0.717) is 35.2 Å². The van der Waals surface area contributed by atoms with Crippen molar-refractivity contribution in [1.29, 1.82) is 0 Å². The van der Waals surface area contributed by atoms with Gasteiger partial charge in [0.05, 0.1) is 0 Å². The van der Waals surface area contributed by atoms with Crippen molar-refractivity contribution in [2.45, 2.75) is 32.2 Å². The van der Waals surface area contributed by atoms with E-state index in [-0.39, 0.29) is 12.5 Å². The summed E-state index contributed by atoms with van der Waals surface area (Å²) in [5.41, 5.74) is -0.452. The highest BCUT2D eigenvalue weighted by atomic mass is 35.5. The molecule has 126 valence electrons. The maximum Gasteiger partial charge on any atom is 0.325 e. The quantitative estimate of drug-likeness (QED) is 0.838. The zero-order valence-electron chi connectivity index (χ0n) is 13.4. The van der Waals surface area contributed by atoms with Crippen molar-refractivity contribution in [3.63, 3.8) is 0 Å². The molecule has 24 heavy (non-hydrogen) atoms. The predicted molar refractivity (Wildman–Crippen MR) is 86.4 cm³/mol. The van der Waals surface area contributed by atoms with Crippen LogP contribution >= 0.6 is 11.6 Å². The number of aromatic nitrogens is 2. The summed E-state index contributed by atoms with van der Waals surface area (Å²) in [6, 6.07) is 6.52. The molecular formula is C16H17ClN4O3. The van der Waals surface area contributed by atoms with Crippen LogP contribution in [0.25, 0.3) is 0 Å². The number of hydrogen-bond acceptors (Lipinski definition) is 5. The summed E-state index contributed by atoms with van der Waals surface area (Å²) in [5.74, 6) is 0.696. The minimum Gasteiger partial charge on any atom is -0.426 e. The predicted octanol–water partition coefficient (Wildman–Crippen LogP) is 2.43. The molecule has 3 rings (SSSR count). The van der Waals surface area contributed by atoms with Crippen molar-refractivity contribution in [3.05, 3.63) is 46.6 Å². The molecule has 1 aromatic heterocycles. The first-order valence-electron chi connectivity index (χ1n) is 7.59. The van der Waals surface area contributed by atoms with E-state index < -0.39 is 11.6 Å². The van der Waals surface area contributed by atoms with E-state index in [4.69, 9.17) is 16.0 Å². The third kappa shape index (κ3) is 2.99. The first-order valence-corrected chi connectivity index (χ1v) is 7.97. The lowest BCUT2D eigenvalue weighted by atomic mass is 9.92. The molecule has 2 aromatic rings. The van der Waals surface area contributed by atoms with Gasteiger partial charge in [0, 0.05) is 24.9 Å². The van der Waals surface area contributed by atoms with Gasteiger partial charge in [0.1, 0.15) is 5.54 Å². The SMILES string of the molecule is Cc1nnc(CCCN2C(=O)N[C@](C)(c3cccc(Cl)c3)C2=O)o1. The zero-order chi connectivity index (χ0) is 17.3. The summed E-state index contributed by atoms with van der Waals surface area (Å²) in [4.78, 5) is 26.2. The largest absolute Gasteiger partial charge is 0.426 e. The zero-order valence-corrected chi connectivity index (χ0v) is 14.1. The number of rotatable bonds is 5. The van der Waals surface area contributed by atoms with Crippen LogP contribution in [0.2, 0.25) is 5.02 Å². The number of nitrogens with one attached hydrogen (secondary N) is 1. The van der Waals surface area contributed by atoms with E-state index in [9.17, 15) is 9.59 Å². The third-order valence-electron chi connectivity index (χ3n) is 4.02. The van der Waals surface area contributed by atoms with E-state index in [1.807, 2.05) is 0 Å². The molecule has 2 heterocycles. The van der Waals surface area contributed by atoms with Gasteiger partial charge in [0.15, 0.2) is 0 Å². The van der Waals surface area contributed by atoms with Crippen LogP contribution in [0.1, 0.15) is 30.7 Å². The second-order valence-corrected chi connectivity index (χ2v) is 6.28. The van der Waals surface area contributed by atoms with E-state index in [2.05, 4.69) is 15.5 Å². The first kappa shape index (κ1) is 16.4.